The Morgan fingerprint density at radius 2 is 2.44 bits per heavy atom. The van der Waals surface area contributed by atoms with Gasteiger partial charge in [0.2, 0.25) is 0 Å². The van der Waals surface area contributed by atoms with E-state index in [2.05, 4.69) is 6.07 Å². The molecule has 1 radical (unpaired) electrons. The highest BCUT2D eigenvalue weighted by molar-refractivity contribution is 5.30. The summed E-state index contributed by atoms with van der Waals surface area (Å²) < 4.78 is 4.78. The van der Waals surface area contributed by atoms with Crippen molar-refractivity contribution in [2.45, 2.75) is 0 Å². The summed E-state index contributed by atoms with van der Waals surface area (Å²) in [6.07, 6.45) is 0. The lowest BCUT2D eigenvalue weighted by Gasteiger charge is -1.96. The first-order chi connectivity index (χ1) is 4.33. The molecule has 1 aromatic carbocycles. The number of phenols is 1. The van der Waals surface area contributed by atoms with Crippen LogP contribution in [-0.2, 0) is 0 Å². The standard InChI is InChI=1S/C7H7O2/c1-9-7-4-2-3-6(8)5-7/h2-3,5,8H,1H3. The second kappa shape index (κ2) is 2.40. The van der Waals surface area contributed by atoms with Gasteiger partial charge in [-0.05, 0) is 12.1 Å². The first kappa shape index (κ1) is 5.95. The molecule has 0 aliphatic heterocycles. The van der Waals surface area contributed by atoms with Gasteiger partial charge in [-0.25, -0.2) is 0 Å². The Morgan fingerprint density at radius 1 is 1.67 bits per heavy atom. The number of methoxy groups -OCH3 is 1. The molecule has 0 spiro atoms. The summed E-state index contributed by atoms with van der Waals surface area (Å²) in [6, 6.07) is 7.43. The fourth-order valence-corrected chi connectivity index (χ4v) is 0.551. The number of phenolic OH excluding ortho intramolecular Hbond substituents is 1. The van der Waals surface area contributed by atoms with Crippen LogP contribution in [0.15, 0.2) is 18.2 Å². The van der Waals surface area contributed by atoms with Crippen molar-refractivity contribution in [1.82, 2.24) is 0 Å². The summed E-state index contributed by atoms with van der Waals surface area (Å²) in [5.74, 6) is 0.751. The third-order valence-corrected chi connectivity index (χ3v) is 0.979. The minimum absolute atomic E-state index is 0.200. The monoisotopic (exact) mass is 123 g/mol. The number of aromatic hydroxyl groups is 1. The Labute approximate surface area is 53.7 Å². The van der Waals surface area contributed by atoms with Crippen molar-refractivity contribution in [2.24, 2.45) is 0 Å². The third-order valence-electron chi connectivity index (χ3n) is 0.979. The normalized spacial score (nSPS) is 9.00. The molecule has 0 atom stereocenters. The van der Waals surface area contributed by atoms with Crippen LogP contribution >= 0.6 is 0 Å². The minimum atomic E-state index is 0.200. The molecular formula is C7H7O2. The zero-order chi connectivity index (χ0) is 6.69. The molecule has 47 valence electrons. The number of hydrogen-bond donors (Lipinski definition) is 1. The number of rotatable bonds is 1. The molecule has 0 heterocycles. The highest BCUT2D eigenvalue weighted by Crippen LogP contribution is 2.15. The van der Waals surface area contributed by atoms with Gasteiger partial charge in [-0.2, -0.15) is 0 Å². The summed E-state index contributed by atoms with van der Waals surface area (Å²) in [4.78, 5) is 0. The van der Waals surface area contributed by atoms with Crippen molar-refractivity contribution in [2.75, 3.05) is 7.11 Å². The Morgan fingerprint density at radius 3 is 2.89 bits per heavy atom. The maximum absolute atomic E-state index is 8.84. The number of hydrogen-bond acceptors (Lipinski definition) is 2. The lowest BCUT2D eigenvalue weighted by molar-refractivity contribution is 0.407. The van der Waals surface area contributed by atoms with Crippen molar-refractivity contribution in [1.29, 1.82) is 0 Å². The molecule has 2 heteroatoms. The van der Waals surface area contributed by atoms with Crippen molar-refractivity contribution < 1.29 is 9.84 Å². The zero-order valence-corrected chi connectivity index (χ0v) is 5.09. The average molecular weight is 123 g/mol. The van der Waals surface area contributed by atoms with Crippen LogP contribution in [0.4, 0.5) is 0 Å². The van der Waals surface area contributed by atoms with E-state index in [1.165, 1.54) is 13.2 Å². The van der Waals surface area contributed by atoms with Gasteiger partial charge in [0.1, 0.15) is 11.5 Å². The molecule has 1 rings (SSSR count). The number of benzene rings is 1. The molecule has 0 fully saturated rings. The van der Waals surface area contributed by atoms with E-state index in [0.29, 0.717) is 5.75 Å². The molecule has 1 N–H and O–H groups in total. The van der Waals surface area contributed by atoms with Crippen molar-refractivity contribution in [3.63, 3.8) is 0 Å². The van der Waals surface area contributed by atoms with Crippen LogP contribution in [0.25, 0.3) is 0 Å². The fraction of sp³-hybridized carbons (Fsp3) is 0.143. The minimum Gasteiger partial charge on any atom is -0.508 e. The average Bonchev–Trinajstić information content (AvgIpc) is 1.88. The quantitative estimate of drug-likeness (QED) is 0.608. The van der Waals surface area contributed by atoms with E-state index in [1.807, 2.05) is 0 Å². The van der Waals surface area contributed by atoms with Gasteiger partial charge in [0, 0.05) is 12.1 Å². The summed E-state index contributed by atoms with van der Waals surface area (Å²) in [6.45, 7) is 0. The van der Waals surface area contributed by atoms with Crippen LogP contribution in [0.3, 0.4) is 0 Å². The van der Waals surface area contributed by atoms with E-state index in [-0.39, 0.29) is 5.75 Å². The van der Waals surface area contributed by atoms with Crippen molar-refractivity contribution in [3.8, 4) is 11.5 Å². The Balaban J connectivity index is 2.94. The molecule has 1 aromatic rings. The zero-order valence-electron chi connectivity index (χ0n) is 5.09. The van der Waals surface area contributed by atoms with Crippen molar-refractivity contribution in [3.05, 3.63) is 24.3 Å². The molecular weight excluding hydrogens is 116 g/mol. The highest BCUT2D eigenvalue weighted by Gasteiger charge is 1.89. The Bertz CT molecular complexity index is 196. The van der Waals surface area contributed by atoms with E-state index < -0.39 is 0 Å². The predicted molar refractivity (Wildman–Crippen MR) is 33.5 cm³/mol. The summed E-state index contributed by atoms with van der Waals surface area (Å²) in [5, 5.41) is 8.84. The van der Waals surface area contributed by atoms with Gasteiger partial charge >= 0.3 is 0 Å². The topological polar surface area (TPSA) is 29.5 Å². The highest BCUT2D eigenvalue weighted by atomic mass is 16.5. The summed E-state index contributed by atoms with van der Waals surface area (Å²) in [7, 11) is 1.53. The maximum atomic E-state index is 8.84. The van der Waals surface area contributed by atoms with Crippen LogP contribution in [0, 0.1) is 6.07 Å². The maximum Gasteiger partial charge on any atom is 0.130 e. The SMILES string of the molecule is COc1[c]ccc(O)c1. The summed E-state index contributed by atoms with van der Waals surface area (Å²) >= 11 is 0. The van der Waals surface area contributed by atoms with Crippen LogP contribution in [0.1, 0.15) is 0 Å². The smallest absolute Gasteiger partial charge is 0.130 e. The second-order valence-corrected chi connectivity index (χ2v) is 1.62. The number of ether oxygens (including phenoxy) is 1. The molecule has 0 bridgehead atoms. The molecule has 0 aliphatic rings. The molecule has 0 saturated heterocycles. The molecule has 0 aliphatic carbocycles. The van der Waals surface area contributed by atoms with Crippen LogP contribution in [0.5, 0.6) is 11.5 Å². The Kier molecular flexibility index (Phi) is 1.58. The van der Waals surface area contributed by atoms with Crippen LogP contribution in [-0.4, -0.2) is 12.2 Å². The molecule has 2 nitrogen and oxygen atoms in total. The molecule has 0 aromatic heterocycles. The second-order valence-electron chi connectivity index (χ2n) is 1.62. The first-order valence-electron chi connectivity index (χ1n) is 2.57. The van der Waals surface area contributed by atoms with E-state index >= 15 is 0 Å². The van der Waals surface area contributed by atoms with Crippen molar-refractivity contribution >= 4 is 0 Å². The van der Waals surface area contributed by atoms with Gasteiger partial charge in [-0.15, -0.1) is 0 Å². The summed E-state index contributed by atoms with van der Waals surface area (Å²) in [5.41, 5.74) is 0. The van der Waals surface area contributed by atoms with Gasteiger partial charge in [0.05, 0.1) is 7.11 Å². The molecule has 9 heavy (non-hydrogen) atoms. The van der Waals surface area contributed by atoms with Gasteiger partial charge in [-0.1, -0.05) is 0 Å². The molecule has 0 unspecified atom stereocenters. The lowest BCUT2D eigenvalue weighted by atomic mass is 10.3. The van der Waals surface area contributed by atoms with Crippen LogP contribution < -0.4 is 4.74 Å². The van der Waals surface area contributed by atoms with E-state index in [1.54, 1.807) is 12.1 Å². The molecule has 0 amide bonds. The van der Waals surface area contributed by atoms with Gasteiger partial charge in [0.25, 0.3) is 0 Å². The Hall–Kier alpha value is -1.18. The first-order valence-corrected chi connectivity index (χ1v) is 2.57. The fourth-order valence-electron chi connectivity index (χ4n) is 0.551. The largest absolute Gasteiger partial charge is 0.508 e. The lowest BCUT2D eigenvalue weighted by Crippen LogP contribution is -1.80. The van der Waals surface area contributed by atoms with Gasteiger partial charge in [0.15, 0.2) is 0 Å². The van der Waals surface area contributed by atoms with Gasteiger partial charge in [-0.3, -0.25) is 0 Å². The predicted octanol–water partition coefficient (Wildman–Crippen LogP) is 1.20. The molecule has 0 saturated carbocycles. The van der Waals surface area contributed by atoms with E-state index in [0.717, 1.165) is 0 Å². The van der Waals surface area contributed by atoms with Crippen LogP contribution in [0.2, 0.25) is 0 Å². The van der Waals surface area contributed by atoms with Gasteiger partial charge < -0.3 is 9.84 Å². The third kappa shape index (κ3) is 1.35. The van der Waals surface area contributed by atoms with E-state index in [4.69, 9.17) is 9.84 Å². The van der Waals surface area contributed by atoms with E-state index in [9.17, 15) is 0 Å².